The van der Waals surface area contributed by atoms with Crippen LogP contribution in [0.5, 0.6) is 0 Å². The molecule has 0 rings (SSSR count). The maximum Gasteiger partial charge on any atom is 0.306 e. The van der Waals surface area contributed by atoms with Gasteiger partial charge in [0.1, 0.15) is 13.2 Å². The molecule has 6 nitrogen and oxygen atoms in total. The first-order chi connectivity index (χ1) is 41.0. The largest absolute Gasteiger partial charge is 0.462 e. The third-order valence-corrected chi connectivity index (χ3v) is 14.0. The standard InChI is InChI=1S/C77H124O6/c1-4-7-10-13-16-19-22-25-28-31-34-36-38-40-43-46-49-52-55-58-61-64-67-70-76(79)82-73-74(72-81-75(78)69-66-63-60-57-54-51-48-45-42-33-30-27-24-21-18-15-12-9-6-3)83-77(80)71-68-65-62-59-56-53-50-47-44-41-39-37-35-32-29-26-23-20-17-14-11-8-5-2/h7,9-10,12,16,18-19,21,23,25-28,30,32,34-36,40,42-43,45,49,51-52,54,74H,4-6,8,11,13-15,17,20,22,24,29,31,33,37-39,41,44,46-48,50,53,55-73H2,1-3H3/b10-7-,12-9-,19-16-,21-18-,26-23-,28-25-,30-27-,35-32-,36-34-,43-40-,45-42-,52-49-,54-51-. The molecular weight excluding hydrogens is 1020 g/mol. The van der Waals surface area contributed by atoms with E-state index in [1.165, 1.54) is 96.3 Å². The Hall–Kier alpha value is -4.97. The SMILES string of the molecule is CC/C=C\C/C=C\C/C=C\C/C=C\C/C=C\C/C=C\CCCCCCC(=O)OCC(COC(=O)CCCCC/C=C\C/C=C\C/C=C\C/C=C\C/C=C\CC)OC(=O)CCCCCCCCCCCCC/C=C\C/C=C\CCCCCCC. The highest BCUT2D eigenvalue weighted by atomic mass is 16.6. The van der Waals surface area contributed by atoms with E-state index in [4.69, 9.17) is 14.2 Å². The van der Waals surface area contributed by atoms with Gasteiger partial charge in [-0.15, -0.1) is 0 Å². The van der Waals surface area contributed by atoms with Gasteiger partial charge in [0.05, 0.1) is 0 Å². The van der Waals surface area contributed by atoms with Crippen molar-refractivity contribution in [2.45, 2.75) is 297 Å². The maximum absolute atomic E-state index is 13.0. The Morgan fingerprint density at radius 2 is 0.470 bits per heavy atom. The van der Waals surface area contributed by atoms with Crippen molar-refractivity contribution >= 4 is 17.9 Å². The summed E-state index contributed by atoms with van der Waals surface area (Å²) in [6.45, 7) is 6.36. The fourth-order valence-corrected chi connectivity index (χ4v) is 8.97. The van der Waals surface area contributed by atoms with Crippen molar-refractivity contribution in [1.82, 2.24) is 0 Å². The molecule has 0 fully saturated rings. The van der Waals surface area contributed by atoms with Gasteiger partial charge >= 0.3 is 17.9 Å². The van der Waals surface area contributed by atoms with Crippen LogP contribution in [0.15, 0.2) is 158 Å². The molecule has 6 heteroatoms. The number of ether oxygens (including phenoxy) is 3. The van der Waals surface area contributed by atoms with Crippen molar-refractivity contribution in [3.8, 4) is 0 Å². The number of allylic oxidation sites excluding steroid dienone is 26. The average molecular weight is 1150 g/mol. The Morgan fingerprint density at radius 1 is 0.253 bits per heavy atom. The van der Waals surface area contributed by atoms with E-state index in [2.05, 4.69) is 179 Å². The predicted molar refractivity (Wildman–Crippen MR) is 362 cm³/mol. The summed E-state index contributed by atoms with van der Waals surface area (Å²) in [5, 5.41) is 0. The molecule has 1 unspecified atom stereocenters. The van der Waals surface area contributed by atoms with Gasteiger partial charge < -0.3 is 14.2 Å². The molecule has 0 saturated heterocycles. The van der Waals surface area contributed by atoms with Crippen LogP contribution in [0, 0.1) is 0 Å². The van der Waals surface area contributed by atoms with Crippen LogP contribution in [0.3, 0.4) is 0 Å². The molecular formula is C77H124O6. The number of esters is 3. The lowest BCUT2D eigenvalue weighted by molar-refractivity contribution is -0.167. The first-order valence-corrected chi connectivity index (χ1v) is 34.0. The van der Waals surface area contributed by atoms with Crippen LogP contribution in [-0.4, -0.2) is 37.2 Å². The zero-order valence-electron chi connectivity index (χ0n) is 53.7. The van der Waals surface area contributed by atoms with Crippen LogP contribution in [0.2, 0.25) is 0 Å². The lowest BCUT2D eigenvalue weighted by Gasteiger charge is -2.18. The highest BCUT2D eigenvalue weighted by molar-refractivity contribution is 5.71. The van der Waals surface area contributed by atoms with Crippen molar-refractivity contribution in [2.75, 3.05) is 13.2 Å². The summed E-state index contributed by atoms with van der Waals surface area (Å²) in [6, 6.07) is 0. The quantitative estimate of drug-likeness (QED) is 0.0261. The molecule has 1 atom stereocenters. The summed E-state index contributed by atoms with van der Waals surface area (Å²) in [5.41, 5.74) is 0. The molecule has 83 heavy (non-hydrogen) atoms. The smallest absolute Gasteiger partial charge is 0.306 e. The van der Waals surface area contributed by atoms with Crippen LogP contribution in [0.4, 0.5) is 0 Å². The molecule has 0 N–H and O–H groups in total. The Morgan fingerprint density at radius 3 is 0.747 bits per heavy atom. The van der Waals surface area contributed by atoms with E-state index in [0.717, 1.165) is 154 Å². The van der Waals surface area contributed by atoms with Crippen molar-refractivity contribution in [2.24, 2.45) is 0 Å². The lowest BCUT2D eigenvalue weighted by atomic mass is 10.0. The maximum atomic E-state index is 13.0. The van der Waals surface area contributed by atoms with Crippen LogP contribution in [0.1, 0.15) is 290 Å². The number of unbranched alkanes of at least 4 members (excludes halogenated alkanes) is 23. The van der Waals surface area contributed by atoms with E-state index in [-0.39, 0.29) is 31.1 Å². The molecule has 0 amide bonds. The normalized spacial score (nSPS) is 13.1. The van der Waals surface area contributed by atoms with Gasteiger partial charge in [-0.25, -0.2) is 0 Å². The van der Waals surface area contributed by atoms with E-state index in [9.17, 15) is 14.4 Å². The number of carbonyl (C=O) groups is 3. The first kappa shape index (κ1) is 78.0. The number of hydrogen-bond donors (Lipinski definition) is 0. The molecule has 0 aliphatic heterocycles. The van der Waals surface area contributed by atoms with Crippen LogP contribution in [-0.2, 0) is 28.6 Å². The zero-order valence-corrected chi connectivity index (χ0v) is 53.7. The topological polar surface area (TPSA) is 78.9 Å². The molecule has 0 aromatic heterocycles. The minimum Gasteiger partial charge on any atom is -0.462 e. The Labute approximate surface area is 511 Å². The van der Waals surface area contributed by atoms with Gasteiger partial charge in [0, 0.05) is 19.3 Å². The van der Waals surface area contributed by atoms with E-state index in [0.29, 0.717) is 19.3 Å². The van der Waals surface area contributed by atoms with Gasteiger partial charge in [0.15, 0.2) is 6.10 Å². The zero-order chi connectivity index (χ0) is 59.9. The minimum absolute atomic E-state index is 0.109. The molecule has 0 aromatic rings. The summed E-state index contributed by atoms with van der Waals surface area (Å²) in [7, 11) is 0. The third-order valence-electron chi connectivity index (χ3n) is 14.0. The van der Waals surface area contributed by atoms with Gasteiger partial charge in [0.2, 0.25) is 0 Å². The molecule has 0 aromatic carbocycles. The molecule has 0 spiro atoms. The average Bonchev–Trinajstić information content (AvgIpc) is 3.49. The summed E-state index contributed by atoms with van der Waals surface area (Å²) in [5.74, 6) is -0.964. The molecule has 0 heterocycles. The molecule has 0 aliphatic carbocycles. The van der Waals surface area contributed by atoms with Crippen LogP contribution in [0.25, 0.3) is 0 Å². The highest BCUT2D eigenvalue weighted by Gasteiger charge is 2.19. The summed E-state index contributed by atoms with van der Waals surface area (Å²) < 4.78 is 16.9. The second kappa shape index (κ2) is 69.5. The van der Waals surface area contributed by atoms with Crippen LogP contribution >= 0.6 is 0 Å². The van der Waals surface area contributed by atoms with Gasteiger partial charge in [-0.2, -0.15) is 0 Å². The van der Waals surface area contributed by atoms with E-state index in [1.807, 2.05) is 0 Å². The first-order valence-electron chi connectivity index (χ1n) is 34.0. The molecule has 0 radical (unpaired) electrons. The van der Waals surface area contributed by atoms with Gasteiger partial charge in [-0.3, -0.25) is 14.4 Å². The van der Waals surface area contributed by atoms with Crippen molar-refractivity contribution < 1.29 is 28.6 Å². The number of hydrogen-bond acceptors (Lipinski definition) is 6. The Kier molecular flexibility index (Phi) is 65.4. The van der Waals surface area contributed by atoms with Gasteiger partial charge in [0.25, 0.3) is 0 Å². The van der Waals surface area contributed by atoms with Crippen LogP contribution < -0.4 is 0 Å². The van der Waals surface area contributed by atoms with Crippen molar-refractivity contribution in [3.63, 3.8) is 0 Å². The molecule has 468 valence electrons. The fraction of sp³-hybridized carbons (Fsp3) is 0.623. The Bertz CT molecular complexity index is 1840. The number of carbonyl (C=O) groups excluding carboxylic acids is 3. The second-order valence-electron chi connectivity index (χ2n) is 22.0. The molecule has 0 aliphatic rings. The van der Waals surface area contributed by atoms with Crippen molar-refractivity contribution in [1.29, 1.82) is 0 Å². The van der Waals surface area contributed by atoms with Gasteiger partial charge in [-0.1, -0.05) is 281 Å². The van der Waals surface area contributed by atoms with E-state index in [1.54, 1.807) is 0 Å². The second-order valence-corrected chi connectivity index (χ2v) is 22.0. The molecule has 0 bridgehead atoms. The summed E-state index contributed by atoms with van der Waals surface area (Å²) in [6.07, 6.45) is 101. The molecule has 0 saturated carbocycles. The Balaban J connectivity index is 4.51. The summed E-state index contributed by atoms with van der Waals surface area (Å²) in [4.78, 5) is 38.5. The number of rotatable bonds is 60. The van der Waals surface area contributed by atoms with E-state index < -0.39 is 6.10 Å². The van der Waals surface area contributed by atoms with E-state index >= 15 is 0 Å². The minimum atomic E-state index is -0.814. The monoisotopic (exact) mass is 1140 g/mol. The summed E-state index contributed by atoms with van der Waals surface area (Å²) >= 11 is 0. The highest BCUT2D eigenvalue weighted by Crippen LogP contribution is 2.15. The van der Waals surface area contributed by atoms with Gasteiger partial charge in [-0.05, 0) is 148 Å². The fourth-order valence-electron chi connectivity index (χ4n) is 8.97. The predicted octanol–water partition coefficient (Wildman–Crippen LogP) is 23.7. The third kappa shape index (κ3) is 67.7. The van der Waals surface area contributed by atoms with Crippen molar-refractivity contribution in [3.05, 3.63) is 158 Å². The lowest BCUT2D eigenvalue weighted by Crippen LogP contribution is -2.30.